The molecule has 9 heteroatoms. The molecule has 3 fully saturated rings. The van der Waals surface area contributed by atoms with Crippen molar-refractivity contribution < 1.29 is 38.9 Å². The Bertz CT molecular complexity index is 1060. The van der Waals surface area contributed by atoms with Crippen LogP contribution in [0.5, 0.6) is 0 Å². The minimum absolute atomic E-state index is 0.00351. The Kier molecular flexibility index (Phi) is 6.95. The second kappa shape index (κ2) is 9.34. The summed E-state index contributed by atoms with van der Waals surface area (Å²) in [5.41, 5.74) is -2.72. The minimum Gasteiger partial charge on any atom is -0.456 e. The number of allylic oxidation sites excluding steroid dienone is 4. The molecule has 0 radical (unpaired) electrons. The maximum Gasteiger partial charge on any atom is 0.408 e. The third kappa shape index (κ3) is 4.76. The van der Waals surface area contributed by atoms with E-state index >= 15 is 0 Å². The quantitative estimate of drug-likeness (QED) is 0.473. The molecule has 0 saturated heterocycles. The number of carbonyl (C=O) groups is 4. The highest BCUT2D eigenvalue weighted by Crippen LogP contribution is 2.67. The lowest BCUT2D eigenvalue weighted by molar-refractivity contribution is -0.181. The zero-order valence-corrected chi connectivity index (χ0v) is 22.3. The van der Waals surface area contributed by atoms with Gasteiger partial charge in [-0.3, -0.25) is 14.4 Å². The molecule has 0 aromatic heterocycles. The summed E-state index contributed by atoms with van der Waals surface area (Å²) in [5, 5.41) is 25.4. The number of carbonyl (C=O) groups excluding carboxylic acids is 4. The summed E-state index contributed by atoms with van der Waals surface area (Å²) < 4.78 is 10.2. The molecule has 0 aliphatic heterocycles. The monoisotopic (exact) mass is 517 g/mol. The van der Waals surface area contributed by atoms with Gasteiger partial charge in [0.15, 0.2) is 12.4 Å². The standard InChI is InChI=1S/C28H39NO8/c1-25(2,3)37-24(34)29-14-22(33)36-15-21(32)28(35)11-9-19-18-7-6-16-12-17(30)8-10-26(16,4)23(18)20(31)13-27(19,28)5/h8,10,12,18-20,23,31,35H,6-7,9,11,13-15H2,1-5H3,(H,29,34)/t18?,19?,20?,23?,26-,27-,28-/m0/s1. The van der Waals surface area contributed by atoms with Crippen LogP contribution in [0.1, 0.15) is 66.7 Å². The number of ether oxygens (including phenoxy) is 2. The lowest BCUT2D eigenvalue weighted by atomic mass is 9.46. The maximum atomic E-state index is 13.3. The van der Waals surface area contributed by atoms with Gasteiger partial charge in [0.25, 0.3) is 0 Å². The Balaban J connectivity index is 1.43. The number of aliphatic hydroxyl groups is 2. The van der Waals surface area contributed by atoms with Crippen molar-refractivity contribution in [2.75, 3.05) is 13.2 Å². The van der Waals surface area contributed by atoms with Crippen LogP contribution in [0.4, 0.5) is 4.79 Å². The Labute approximate surface area is 217 Å². The summed E-state index contributed by atoms with van der Waals surface area (Å²) in [6, 6.07) is 0. The molecule has 3 N–H and O–H groups in total. The van der Waals surface area contributed by atoms with Crippen LogP contribution in [0.15, 0.2) is 23.8 Å². The van der Waals surface area contributed by atoms with Crippen LogP contribution < -0.4 is 5.32 Å². The lowest BCUT2D eigenvalue weighted by Gasteiger charge is -2.59. The normalized spacial score (nSPS) is 38.6. The fourth-order valence-electron chi connectivity index (χ4n) is 7.56. The van der Waals surface area contributed by atoms with E-state index in [4.69, 9.17) is 9.47 Å². The molecule has 0 bridgehead atoms. The van der Waals surface area contributed by atoms with Crippen molar-refractivity contribution in [2.45, 2.75) is 84.0 Å². The molecular weight excluding hydrogens is 478 g/mol. The van der Waals surface area contributed by atoms with Gasteiger partial charge in [0, 0.05) is 16.7 Å². The Morgan fingerprint density at radius 2 is 1.89 bits per heavy atom. The van der Waals surface area contributed by atoms with E-state index in [9.17, 15) is 29.4 Å². The molecule has 3 saturated carbocycles. The van der Waals surface area contributed by atoms with Crippen molar-refractivity contribution in [3.63, 3.8) is 0 Å². The van der Waals surface area contributed by atoms with E-state index in [1.807, 2.05) is 13.0 Å². The van der Waals surface area contributed by atoms with Crippen LogP contribution in [0.25, 0.3) is 0 Å². The second-order valence-electron chi connectivity index (χ2n) is 12.5. The zero-order valence-electron chi connectivity index (χ0n) is 22.3. The molecule has 204 valence electrons. The fourth-order valence-corrected chi connectivity index (χ4v) is 7.56. The average molecular weight is 518 g/mol. The highest BCUT2D eigenvalue weighted by Gasteiger charge is 2.68. The predicted molar refractivity (Wildman–Crippen MR) is 133 cm³/mol. The smallest absolute Gasteiger partial charge is 0.408 e. The van der Waals surface area contributed by atoms with Gasteiger partial charge in [-0.15, -0.1) is 0 Å². The first-order valence-electron chi connectivity index (χ1n) is 13.1. The number of rotatable bonds is 5. The number of alkyl carbamates (subject to hydrolysis) is 1. The molecule has 0 spiro atoms. The van der Waals surface area contributed by atoms with Gasteiger partial charge in [-0.25, -0.2) is 4.79 Å². The summed E-state index contributed by atoms with van der Waals surface area (Å²) in [6.45, 7) is 7.94. The Hall–Kier alpha value is -2.52. The van der Waals surface area contributed by atoms with Gasteiger partial charge >= 0.3 is 12.1 Å². The summed E-state index contributed by atoms with van der Waals surface area (Å²) in [5.74, 6) is -1.47. The largest absolute Gasteiger partial charge is 0.456 e. The number of amides is 1. The molecule has 4 unspecified atom stereocenters. The molecule has 4 aliphatic carbocycles. The molecular formula is C28H39NO8. The van der Waals surface area contributed by atoms with Gasteiger partial charge in [-0.1, -0.05) is 25.5 Å². The van der Waals surface area contributed by atoms with Gasteiger partial charge in [-0.05, 0) is 76.9 Å². The van der Waals surface area contributed by atoms with Crippen LogP contribution in [0.2, 0.25) is 0 Å². The molecule has 7 atom stereocenters. The Morgan fingerprint density at radius 1 is 1.19 bits per heavy atom. The van der Waals surface area contributed by atoms with Crippen molar-refractivity contribution in [1.29, 1.82) is 0 Å². The maximum absolute atomic E-state index is 13.3. The van der Waals surface area contributed by atoms with E-state index < -0.39 is 59.1 Å². The highest BCUT2D eigenvalue weighted by atomic mass is 16.6. The Morgan fingerprint density at radius 3 is 2.57 bits per heavy atom. The van der Waals surface area contributed by atoms with Crippen LogP contribution in [0.3, 0.4) is 0 Å². The topological polar surface area (TPSA) is 139 Å². The molecule has 1 amide bonds. The number of aliphatic hydroxyl groups excluding tert-OH is 1. The lowest BCUT2D eigenvalue weighted by Crippen LogP contribution is -2.61. The third-order valence-electron chi connectivity index (χ3n) is 9.25. The molecule has 0 heterocycles. The number of hydrogen-bond donors (Lipinski definition) is 3. The predicted octanol–water partition coefficient (Wildman–Crippen LogP) is 2.63. The number of ketones is 2. The van der Waals surface area contributed by atoms with E-state index in [0.29, 0.717) is 6.42 Å². The van der Waals surface area contributed by atoms with Gasteiger partial charge in [0.2, 0.25) is 5.78 Å². The summed E-state index contributed by atoms with van der Waals surface area (Å²) in [4.78, 5) is 49.1. The molecule has 4 aliphatic rings. The second-order valence-corrected chi connectivity index (χ2v) is 12.5. The number of fused-ring (bicyclic) bond motifs is 5. The number of nitrogens with one attached hydrogen (secondary N) is 1. The third-order valence-corrected chi connectivity index (χ3v) is 9.25. The average Bonchev–Trinajstić information content (AvgIpc) is 3.06. The van der Waals surface area contributed by atoms with Crippen molar-refractivity contribution >= 4 is 23.6 Å². The van der Waals surface area contributed by atoms with E-state index in [1.165, 1.54) is 0 Å². The number of Topliss-reactive ketones (excluding diaryl/α,β-unsaturated/α-hetero) is 1. The van der Waals surface area contributed by atoms with Crippen LogP contribution in [-0.2, 0) is 23.9 Å². The van der Waals surface area contributed by atoms with Gasteiger partial charge in [-0.2, -0.15) is 0 Å². The summed E-state index contributed by atoms with van der Waals surface area (Å²) in [7, 11) is 0. The van der Waals surface area contributed by atoms with Gasteiger partial charge in [0.05, 0.1) is 6.10 Å². The van der Waals surface area contributed by atoms with Crippen molar-refractivity contribution in [3.8, 4) is 0 Å². The van der Waals surface area contributed by atoms with Crippen molar-refractivity contribution in [1.82, 2.24) is 5.32 Å². The summed E-state index contributed by atoms with van der Waals surface area (Å²) >= 11 is 0. The molecule has 0 aromatic carbocycles. The van der Waals surface area contributed by atoms with E-state index in [-0.39, 0.29) is 36.4 Å². The first-order chi connectivity index (χ1) is 17.1. The zero-order chi connectivity index (χ0) is 27.4. The van der Waals surface area contributed by atoms with Crippen molar-refractivity contribution in [2.24, 2.45) is 28.6 Å². The van der Waals surface area contributed by atoms with E-state index in [0.717, 1.165) is 18.4 Å². The van der Waals surface area contributed by atoms with Crippen LogP contribution >= 0.6 is 0 Å². The molecule has 0 aromatic rings. The summed E-state index contributed by atoms with van der Waals surface area (Å²) in [6.07, 6.45) is 6.25. The molecule has 4 rings (SSSR count). The van der Waals surface area contributed by atoms with E-state index in [2.05, 4.69) is 12.2 Å². The minimum atomic E-state index is -1.74. The molecule has 37 heavy (non-hydrogen) atoms. The van der Waals surface area contributed by atoms with E-state index in [1.54, 1.807) is 32.9 Å². The van der Waals surface area contributed by atoms with Gasteiger partial charge in [0.1, 0.15) is 17.7 Å². The van der Waals surface area contributed by atoms with Crippen molar-refractivity contribution in [3.05, 3.63) is 23.8 Å². The van der Waals surface area contributed by atoms with Crippen LogP contribution in [0, 0.1) is 28.6 Å². The molecule has 9 nitrogen and oxygen atoms in total. The highest BCUT2D eigenvalue weighted by molar-refractivity contribution is 6.01. The SMILES string of the molecule is CC(C)(C)OC(=O)NCC(=O)OCC(=O)[C@@]1(O)CCC2C3CCC4=CC(=O)C=C[C@]4(C)C3C(O)C[C@@]21C. The van der Waals surface area contributed by atoms with Gasteiger partial charge < -0.3 is 25.0 Å². The van der Waals surface area contributed by atoms with Crippen LogP contribution in [-0.4, -0.2) is 64.3 Å². The fraction of sp³-hybridized carbons (Fsp3) is 0.714. The number of hydrogen-bond acceptors (Lipinski definition) is 8. The first kappa shape index (κ1) is 27.5. The number of esters is 1. The first-order valence-corrected chi connectivity index (χ1v) is 13.1.